The minimum Gasteiger partial charge on any atom is -0.484 e. The number of hydrogen-bond donors (Lipinski definition) is 3. The highest BCUT2D eigenvalue weighted by atomic mass is 79.9. The number of ether oxygens (including phenoxy) is 2. The van der Waals surface area contributed by atoms with E-state index in [1.54, 1.807) is 24.3 Å². The monoisotopic (exact) mass is 504 g/mol. The van der Waals surface area contributed by atoms with E-state index in [-0.39, 0.29) is 19.1 Å². The summed E-state index contributed by atoms with van der Waals surface area (Å²) in [6, 6.07) is 10.6. The molecule has 0 bridgehead atoms. The molecule has 2 aromatic carbocycles. The van der Waals surface area contributed by atoms with Gasteiger partial charge < -0.3 is 20.1 Å². The Bertz CT molecular complexity index is 969. The van der Waals surface area contributed by atoms with Crippen LogP contribution in [-0.2, 0) is 19.1 Å². The second kappa shape index (κ2) is 12.6. The highest BCUT2D eigenvalue weighted by Gasteiger charge is 2.11. The lowest BCUT2D eigenvalue weighted by Gasteiger charge is -2.13. The van der Waals surface area contributed by atoms with Gasteiger partial charge in [-0.25, -0.2) is 5.43 Å². The molecule has 0 saturated heterocycles. The van der Waals surface area contributed by atoms with Crippen LogP contribution in [0.15, 0.2) is 46.0 Å². The minimum atomic E-state index is -0.875. The Hall–Kier alpha value is -3.24. The first-order chi connectivity index (χ1) is 15.3. The number of hydrazone groups is 1. The highest BCUT2D eigenvalue weighted by Crippen LogP contribution is 2.25. The van der Waals surface area contributed by atoms with Gasteiger partial charge in [-0.15, -0.1) is 0 Å². The van der Waals surface area contributed by atoms with E-state index in [2.05, 4.69) is 37.1 Å². The Labute approximate surface area is 194 Å². The van der Waals surface area contributed by atoms with Crippen LogP contribution in [0.4, 0.5) is 5.69 Å². The zero-order valence-electron chi connectivity index (χ0n) is 18.0. The molecule has 0 spiro atoms. The summed E-state index contributed by atoms with van der Waals surface area (Å²) in [5, 5.41) is 8.99. The lowest BCUT2D eigenvalue weighted by molar-refractivity contribution is -0.139. The molecule has 170 valence electrons. The molecule has 0 aliphatic rings. The van der Waals surface area contributed by atoms with Crippen LogP contribution in [0.25, 0.3) is 0 Å². The maximum Gasteiger partial charge on any atom is 0.329 e. The molecule has 2 aromatic rings. The van der Waals surface area contributed by atoms with Gasteiger partial charge in [-0.2, -0.15) is 5.10 Å². The highest BCUT2D eigenvalue weighted by molar-refractivity contribution is 9.10. The van der Waals surface area contributed by atoms with Crippen LogP contribution in [0.5, 0.6) is 5.75 Å². The van der Waals surface area contributed by atoms with Crippen molar-refractivity contribution in [2.75, 3.05) is 32.2 Å². The van der Waals surface area contributed by atoms with Gasteiger partial charge in [0.25, 0.3) is 5.91 Å². The number of carbonyl (C=O) groups excluding carboxylic acids is 3. The first-order valence-electron chi connectivity index (χ1n) is 9.69. The second-order valence-corrected chi connectivity index (χ2v) is 7.68. The molecule has 0 atom stereocenters. The van der Waals surface area contributed by atoms with Crippen molar-refractivity contribution in [2.24, 2.45) is 5.10 Å². The molecule has 3 amide bonds. The molecule has 3 N–H and O–H groups in total. The molecule has 0 heterocycles. The van der Waals surface area contributed by atoms with E-state index in [1.165, 1.54) is 13.3 Å². The number of hydrogen-bond acceptors (Lipinski definition) is 6. The number of anilines is 1. The smallest absolute Gasteiger partial charge is 0.329 e. The third-order valence-corrected chi connectivity index (χ3v) is 4.65. The van der Waals surface area contributed by atoms with Gasteiger partial charge in [0, 0.05) is 23.8 Å². The Kier molecular flexibility index (Phi) is 9.83. The molecule has 0 fully saturated rings. The van der Waals surface area contributed by atoms with Gasteiger partial charge in [0.05, 0.1) is 12.8 Å². The summed E-state index contributed by atoms with van der Waals surface area (Å²) < 4.78 is 11.3. The van der Waals surface area contributed by atoms with Crippen molar-refractivity contribution < 1.29 is 23.9 Å². The van der Waals surface area contributed by atoms with Crippen LogP contribution >= 0.6 is 15.9 Å². The minimum absolute atomic E-state index is 0.142. The molecule has 2 rings (SSSR count). The first kappa shape index (κ1) is 25.0. The van der Waals surface area contributed by atoms with E-state index in [4.69, 9.17) is 9.47 Å². The first-order valence-corrected chi connectivity index (χ1v) is 10.5. The maximum absolute atomic E-state index is 12.2. The molecule has 32 heavy (non-hydrogen) atoms. The van der Waals surface area contributed by atoms with Gasteiger partial charge in [-0.1, -0.05) is 15.9 Å². The fourth-order valence-electron chi connectivity index (χ4n) is 2.65. The predicted molar refractivity (Wildman–Crippen MR) is 125 cm³/mol. The van der Waals surface area contributed by atoms with Crippen molar-refractivity contribution >= 4 is 45.6 Å². The Morgan fingerprint density at radius 2 is 1.72 bits per heavy atom. The molecule has 0 unspecified atom stereocenters. The number of carbonyl (C=O) groups is 3. The van der Waals surface area contributed by atoms with Crippen molar-refractivity contribution in [1.29, 1.82) is 0 Å². The zero-order chi connectivity index (χ0) is 23.5. The Morgan fingerprint density at radius 1 is 1.06 bits per heavy atom. The average Bonchev–Trinajstić information content (AvgIpc) is 2.75. The Balaban J connectivity index is 1.80. The van der Waals surface area contributed by atoms with Gasteiger partial charge >= 0.3 is 11.8 Å². The van der Waals surface area contributed by atoms with Crippen molar-refractivity contribution in [3.8, 4) is 5.75 Å². The number of methoxy groups -OCH3 is 1. The molecular formula is C22H25BrN4O5. The van der Waals surface area contributed by atoms with Crippen molar-refractivity contribution in [2.45, 2.75) is 13.8 Å². The number of amides is 3. The van der Waals surface area contributed by atoms with Crippen molar-refractivity contribution in [3.63, 3.8) is 0 Å². The molecule has 0 aliphatic heterocycles. The number of rotatable bonds is 9. The standard InChI is InChI=1S/C22H25BrN4O5/c1-14-10-17(23)11-15(2)20(14)26-19(28)13-32-18-6-4-16(5-7-18)12-25-27-22(30)21(29)24-8-9-31-3/h4-7,10-12H,8-9,13H2,1-3H3,(H,24,29)(H,26,28)(H,27,30)/b25-12-. The molecule has 0 aromatic heterocycles. The lowest BCUT2D eigenvalue weighted by Crippen LogP contribution is -2.39. The van der Waals surface area contributed by atoms with E-state index in [0.717, 1.165) is 21.3 Å². The van der Waals surface area contributed by atoms with Gasteiger partial charge in [0.15, 0.2) is 6.61 Å². The summed E-state index contributed by atoms with van der Waals surface area (Å²) in [7, 11) is 1.49. The number of halogens is 1. The SMILES string of the molecule is COCCNC(=O)C(=O)N/N=C\c1ccc(OCC(=O)Nc2c(C)cc(Br)cc2C)cc1. The van der Waals surface area contributed by atoms with Crippen LogP contribution in [0.3, 0.4) is 0 Å². The normalized spacial score (nSPS) is 10.6. The van der Waals surface area contributed by atoms with Gasteiger partial charge in [-0.3, -0.25) is 14.4 Å². The predicted octanol–water partition coefficient (Wildman–Crippen LogP) is 2.30. The van der Waals surface area contributed by atoms with E-state index < -0.39 is 11.8 Å². The molecule has 10 heteroatoms. The topological polar surface area (TPSA) is 118 Å². The summed E-state index contributed by atoms with van der Waals surface area (Å²) in [4.78, 5) is 35.3. The molecule has 0 aliphatic carbocycles. The molecule has 0 saturated carbocycles. The number of aryl methyl sites for hydroxylation is 2. The summed E-state index contributed by atoms with van der Waals surface area (Å²) >= 11 is 3.43. The molecule has 0 radical (unpaired) electrons. The third kappa shape index (κ3) is 8.12. The second-order valence-electron chi connectivity index (χ2n) is 6.77. The fraction of sp³-hybridized carbons (Fsp3) is 0.273. The van der Waals surface area contributed by atoms with Crippen LogP contribution in [0.2, 0.25) is 0 Å². The van der Waals surface area contributed by atoms with Gasteiger partial charge in [0.2, 0.25) is 0 Å². The van der Waals surface area contributed by atoms with Crippen LogP contribution < -0.4 is 20.8 Å². The zero-order valence-corrected chi connectivity index (χ0v) is 19.6. The van der Waals surface area contributed by atoms with Crippen LogP contribution in [-0.4, -0.2) is 50.8 Å². The summed E-state index contributed by atoms with van der Waals surface area (Å²) in [6.45, 7) is 4.24. The van der Waals surface area contributed by atoms with E-state index in [1.807, 2.05) is 26.0 Å². The summed E-state index contributed by atoms with van der Waals surface area (Å²) in [5.41, 5.74) is 5.48. The van der Waals surface area contributed by atoms with Gasteiger partial charge in [-0.05, 0) is 66.9 Å². The summed E-state index contributed by atoms with van der Waals surface area (Å²) in [5.74, 6) is -1.44. The fourth-order valence-corrected chi connectivity index (χ4v) is 3.33. The Morgan fingerprint density at radius 3 is 2.34 bits per heavy atom. The maximum atomic E-state index is 12.2. The van der Waals surface area contributed by atoms with Crippen molar-refractivity contribution in [3.05, 3.63) is 57.6 Å². The van der Waals surface area contributed by atoms with Gasteiger partial charge in [0.1, 0.15) is 5.75 Å². The van der Waals surface area contributed by atoms with Crippen LogP contribution in [0.1, 0.15) is 16.7 Å². The quantitative estimate of drug-likeness (QED) is 0.209. The number of benzene rings is 2. The largest absolute Gasteiger partial charge is 0.484 e. The summed E-state index contributed by atoms with van der Waals surface area (Å²) in [6.07, 6.45) is 1.38. The molecule has 9 nitrogen and oxygen atoms in total. The van der Waals surface area contributed by atoms with Crippen LogP contribution in [0, 0.1) is 13.8 Å². The average molecular weight is 505 g/mol. The number of nitrogens with zero attached hydrogens (tertiary/aromatic N) is 1. The lowest BCUT2D eigenvalue weighted by atomic mass is 10.1. The number of nitrogens with one attached hydrogen (secondary N) is 3. The van der Waals surface area contributed by atoms with E-state index >= 15 is 0 Å². The molecular weight excluding hydrogens is 480 g/mol. The van der Waals surface area contributed by atoms with E-state index in [0.29, 0.717) is 17.9 Å². The van der Waals surface area contributed by atoms with Crippen molar-refractivity contribution in [1.82, 2.24) is 10.7 Å². The van der Waals surface area contributed by atoms with E-state index in [9.17, 15) is 14.4 Å². The third-order valence-electron chi connectivity index (χ3n) is 4.19.